The van der Waals surface area contributed by atoms with Crippen molar-refractivity contribution in [3.8, 4) is 0 Å². The van der Waals surface area contributed by atoms with Crippen LogP contribution in [0.3, 0.4) is 0 Å². The Bertz CT molecular complexity index is 551. The molecule has 1 aromatic heterocycles. The summed E-state index contributed by atoms with van der Waals surface area (Å²) in [4.78, 5) is 0. The highest BCUT2D eigenvalue weighted by atomic mass is 15.0. The molecule has 1 N–H and O–H groups in total. The summed E-state index contributed by atoms with van der Waals surface area (Å²) < 4.78 is 2.37. The van der Waals surface area contributed by atoms with Gasteiger partial charge in [0.15, 0.2) is 0 Å². The lowest BCUT2D eigenvalue weighted by Crippen LogP contribution is -2.08. The molecule has 19 heavy (non-hydrogen) atoms. The van der Waals surface area contributed by atoms with Gasteiger partial charge in [0, 0.05) is 23.6 Å². The highest BCUT2D eigenvalue weighted by Crippen LogP contribution is 2.23. The van der Waals surface area contributed by atoms with E-state index in [1.807, 2.05) is 7.05 Å². The lowest BCUT2D eigenvalue weighted by Gasteiger charge is -2.04. The normalized spacial score (nSPS) is 11.1. The van der Waals surface area contributed by atoms with Gasteiger partial charge in [0.2, 0.25) is 0 Å². The van der Waals surface area contributed by atoms with E-state index >= 15 is 0 Å². The third-order valence-electron chi connectivity index (χ3n) is 3.52. The van der Waals surface area contributed by atoms with Crippen LogP contribution in [-0.4, -0.2) is 18.2 Å². The number of rotatable bonds is 7. The first-order valence-corrected chi connectivity index (χ1v) is 7.08. The van der Waals surface area contributed by atoms with Gasteiger partial charge in [-0.2, -0.15) is 0 Å². The van der Waals surface area contributed by atoms with Crippen molar-refractivity contribution < 1.29 is 0 Å². The summed E-state index contributed by atoms with van der Waals surface area (Å²) >= 11 is 0. The second-order valence-corrected chi connectivity index (χ2v) is 5.28. The Morgan fingerprint density at radius 1 is 1.32 bits per heavy atom. The minimum absolute atomic E-state index is 1.03. The number of benzene rings is 1. The minimum Gasteiger partial charge on any atom is -0.347 e. The molecule has 0 saturated carbocycles. The first kappa shape index (κ1) is 13.9. The number of hydrogen-bond acceptors (Lipinski definition) is 1. The summed E-state index contributed by atoms with van der Waals surface area (Å²) in [5, 5.41) is 4.62. The van der Waals surface area contributed by atoms with Crippen LogP contribution in [0.15, 0.2) is 42.6 Å². The molecule has 2 rings (SSSR count). The average Bonchev–Trinajstić information content (AvgIpc) is 2.76. The molecule has 0 aliphatic heterocycles. The number of para-hydroxylation sites is 1. The first-order chi connectivity index (χ1) is 9.22. The molecular formula is C17H24N2. The van der Waals surface area contributed by atoms with Gasteiger partial charge in [-0.3, -0.25) is 0 Å². The van der Waals surface area contributed by atoms with Crippen LogP contribution in [-0.2, 0) is 13.0 Å². The molecular weight excluding hydrogens is 232 g/mol. The molecule has 0 bridgehead atoms. The standard InChI is InChI=1S/C17H24N2/c1-14(2)10-12-19-13-15(7-6-11-18-3)16-8-4-5-9-17(16)19/h4-5,8-9,13,18H,1,6-7,10-12H2,2-3H3. The smallest absolute Gasteiger partial charge is 0.0483 e. The predicted molar refractivity (Wildman–Crippen MR) is 83.6 cm³/mol. The van der Waals surface area contributed by atoms with E-state index < -0.39 is 0 Å². The molecule has 2 nitrogen and oxygen atoms in total. The molecule has 0 unspecified atom stereocenters. The number of aryl methyl sites for hydroxylation is 2. The molecule has 0 saturated heterocycles. The second kappa shape index (κ2) is 6.58. The molecule has 0 atom stereocenters. The summed E-state index contributed by atoms with van der Waals surface area (Å²) in [7, 11) is 2.01. The van der Waals surface area contributed by atoms with Crippen LogP contribution in [0.1, 0.15) is 25.3 Å². The Labute approximate surface area is 116 Å². The predicted octanol–water partition coefficient (Wildman–Crippen LogP) is 3.76. The maximum absolute atomic E-state index is 4.00. The number of nitrogens with zero attached hydrogens (tertiary/aromatic N) is 1. The SMILES string of the molecule is C=C(C)CCn1cc(CCCNC)c2ccccc21. The fourth-order valence-corrected chi connectivity index (χ4v) is 2.47. The quantitative estimate of drug-likeness (QED) is 0.589. The molecule has 2 aromatic rings. The highest BCUT2D eigenvalue weighted by molar-refractivity contribution is 5.84. The third-order valence-corrected chi connectivity index (χ3v) is 3.52. The van der Waals surface area contributed by atoms with E-state index in [1.165, 1.54) is 28.5 Å². The van der Waals surface area contributed by atoms with Crippen molar-refractivity contribution in [1.82, 2.24) is 9.88 Å². The van der Waals surface area contributed by atoms with E-state index in [1.54, 1.807) is 0 Å². The third kappa shape index (κ3) is 3.48. The summed E-state index contributed by atoms with van der Waals surface area (Å²) in [6, 6.07) is 8.71. The zero-order valence-corrected chi connectivity index (χ0v) is 12.1. The zero-order chi connectivity index (χ0) is 13.7. The minimum atomic E-state index is 1.03. The van der Waals surface area contributed by atoms with Crippen molar-refractivity contribution in [2.24, 2.45) is 0 Å². The molecule has 0 aliphatic rings. The van der Waals surface area contributed by atoms with Crippen molar-refractivity contribution >= 4 is 10.9 Å². The lowest BCUT2D eigenvalue weighted by molar-refractivity contribution is 0.703. The van der Waals surface area contributed by atoms with Gasteiger partial charge in [0.05, 0.1) is 0 Å². The van der Waals surface area contributed by atoms with Gasteiger partial charge >= 0.3 is 0 Å². The molecule has 1 aromatic carbocycles. The number of fused-ring (bicyclic) bond motifs is 1. The molecule has 0 amide bonds. The van der Waals surface area contributed by atoms with Crippen LogP contribution in [0.4, 0.5) is 0 Å². The average molecular weight is 256 g/mol. The molecule has 0 spiro atoms. The molecule has 0 aliphatic carbocycles. The van der Waals surface area contributed by atoms with Crippen molar-refractivity contribution in [3.05, 3.63) is 48.2 Å². The summed E-state index contributed by atoms with van der Waals surface area (Å²) in [6.07, 6.45) is 5.70. The van der Waals surface area contributed by atoms with Crippen LogP contribution in [0.2, 0.25) is 0 Å². The number of hydrogen-bond donors (Lipinski definition) is 1. The second-order valence-electron chi connectivity index (χ2n) is 5.28. The molecule has 0 radical (unpaired) electrons. The number of nitrogens with one attached hydrogen (secondary N) is 1. The van der Waals surface area contributed by atoms with Crippen LogP contribution >= 0.6 is 0 Å². The van der Waals surface area contributed by atoms with Gasteiger partial charge in [0.25, 0.3) is 0 Å². The van der Waals surface area contributed by atoms with Crippen LogP contribution in [0, 0.1) is 0 Å². The maximum atomic E-state index is 4.00. The van der Waals surface area contributed by atoms with Crippen LogP contribution in [0.25, 0.3) is 10.9 Å². The van der Waals surface area contributed by atoms with Crippen molar-refractivity contribution in [1.29, 1.82) is 0 Å². The molecule has 2 heteroatoms. The van der Waals surface area contributed by atoms with E-state index in [0.29, 0.717) is 0 Å². The van der Waals surface area contributed by atoms with Gasteiger partial charge < -0.3 is 9.88 Å². The monoisotopic (exact) mass is 256 g/mol. The van der Waals surface area contributed by atoms with Crippen molar-refractivity contribution in [2.45, 2.75) is 32.7 Å². The summed E-state index contributed by atoms with van der Waals surface area (Å²) in [5.41, 5.74) is 4.06. The number of allylic oxidation sites excluding steroid dienone is 1. The Kier molecular flexibility index (Phi) is 4.80. The van der Waals surface area contributed by atoms with Gasteiger partial charge in [-0.25, -0.2) is 0 Å². The summed E-state index contributed by atoms with van der Waals surface area (Å²) in [5.74, 6) is 0. The topological polar surface area (TPSA) is 17.0 Å². The number of aromatic nitrogens is 1. The summed E-state index contributed by atoms with van der Waals surface area (Å²) in [6.45, 7) is 8.20. The first-order valence-electron chi connectivity index (χ1n) is 7.08. The zero-order valence-electron chi connectivity index (χ0n) is 12.1. The Morgan fingerprint density at radius 2 is 2.11 bits per heavy atom. The Hall–Kier alpha value is -1.54. The fraction of sp³-hybridized carbons (Fsp3) is 0.412. The maximum Gasteiger partial charge on any atom is 0.0483 e. The van der Waals surface area contributed by atoms with Gasteiger partial charge in [-0.15, -0.1) is 6.58 Å². The van der Waals surface area contributed by atoms with Gasteiger partial charge in [-0.1, -0.05) is 23.8 Å². The highest BCUT2D eigenvalue weighted by Gasteiger charge is 2.07. The van der Waals surface area contributed by atoms with Crippen molar-refractivity contribution in [2.75, 3.05) is 13.6 Å². The Morgan fingerprint density at radius 3 is 2.84 bits per heavy atom. The van der Waals surface area contributed by atoms with E-state index in [9.17, 15) is 0 Å². The molecule has 102 valence electrons. The lowest BCUT2D eigenvalue weighted by atomic mass is 10.1. The Balaban J connectivity index is 2.23. The van der Waals surface area contributed by atoms with Gasteiger partial charge in [0.1, 0.15) is 0 Å². The van der Waals surface area contributed by atoms with E-state index in [4.69, 9.17) is 0 Å². The van der Waals surface area contributed by atoms with E-state index in [2.05, 4.69) is 53.8 Å². The van der Waals surface area contributed by atoms with Crippen LogP contribution < -0.4 is 5.32 Å². The van der Waals surface area contributed by atoms with E-state index in [0.717, 1.165) is 25.9 Å². The fourth-order valence-electron chi connectivity index (χ4n) is 2.47. The molecule has 0 fully saturated rings. The van der Waals surface area contributed by atoms with Gasteiger partial charge in [-0.05, 0) is 51.4 Å². The van der Waals surface area contributed by atoms with Crippen LogP contribution in [0.5, 0.6) is 0 Å². The van der Waals surface area contributed by atoms with Crippen molar-refractivity contribution in [3.63, 3.8) is 0 Å². The largest absolute Gasteiger partial charge is 0.347 e. The molecule has 1 heterocycles. The van der Waals surface area contributed by atoms with E-state index in [-0.39, 0.29) is 0 Å².